The lowest BCUT2D eigenvalue weighted by Crippen LogP contribution is -2.44. The Labute approximate surface area is 144 Å². The number of hydrogen-bond donors (Lipinski definition) is 1. The Morgan fingerprint density at radius 3 is 2.54 bits per heavy atom. The molecule has 0 spiro atoms. The first kappa shape index (κ1) is 17.6. The molecule has 3 rings (SSSR count). The maximum atomic E-state index is 13.1. The Bertz CT molecular complexity index is 703. The van der Waals surface area contributed by atoms with E-state index in [9.17, 15) is 13.2 Å². The minimum Gasteiger partial charge on any atom is -0.357 e. The Hall–Kier alpha value is -1.24. The summed E-state index contributed by atoms with van der Waals surface area (Å²) in [7, 11) is 2.11. The zero-order chi connectivity index (χ0) is 17.3. The molecule has 1 aliphatic rings. The van der Waals surface area contributed by atoms with Crippen LogP contribution < -0.4 is 0 Å². The van der Waals surface area contributed by atoms with Gasteiger partial charge in [0.2, 0.25) is 0 Å². The molecule has 132 valence electrons. The molecule has 7 heteroatoms. The van der Waals surface area contributed by atoms with E-state index in [1.54, 1.807) is 6.07 Å². The zero-order valence-corrected chi connectivity index (χ0v) is 14.3. The van der Waals surface area contributed by atoms with E-state index < -0.39 is 11.7 Å². The molecule has 0 amide bonds. The van der Waals surface area contributed by atoms with Gasteiger partial charge >= 0.3 is 6.18 Å². The summed E-state index contributed by atoms with van der Waals surface area (Å²) in [6.07, 6.45) is -2.74. The van der Waals surface area contributed by atoms with Crippen molar-refractivity contribution in [3.63, 3.8) is 0 Å². The summed E-state index contributed by atoms with van der Waals surface area (Å²) in [5.74, 6) is 0. The SMILES string of the molecule is CN1CCN(CCCc2cc3c(C(F)(F)F)ccc(Cl)c3[nH]2)CC1. The van der Waals surface area contributed by atoms with Crippen molar-refractivity contribution in [3.05, 3.63) is 34.5 Å². The second-order valence-electron chi connectivity index (χ2n) is 6.42. The summed E-state index contributed by atoms with van der Waals surface area (Å²) < 4.78 is 39.4. The molecule has 2 aromatic rings. The third-order valence-corrected chi connectivity index (χ3v) is 4.94. The van der Waals surface area contributed by atoms with Crippen LogP contribution in [-0.2, 0) is 12.6 Å². The number of aromatic amines is 1. The Morgan fingerprint density at radius 1 is 1.17 bits per heavy atom. The Morgan fingerprint density at radius 2 is 1.88 bits per heavy atom. The fourth-order valence-electron chi connectivity index (χ4n) is 3.19. The molecule has 2 heterocycles. The molecule has 1 aliphatic heterocycles. The minimum atomic E-state index is -4.37. The first-order chi connectivity index (χ1) is 11.3. The summed E-state index contributed by atoms with van der Waals surface area (Å²) in [5.41, 5.74) is 0.544. The lowest BCUT2D eigenvalue weighted by Gasteiger charge is -2.32. The van der Waals surface area contributed by atoms with Crippen LogP contribution in [0, 0.1) is 0 Å². The molecule has 0 unspecified atom stereocenters. The van der Waals surface area contributed by atoms with Crippen LogP contribution in [0.3, 0.4) is 0 Å². The van der Waals surface area contributed by atoms with Gasteiger partial charge in [-0.3, -0.25) is 0 Å². The van der Waals surface area contributed by atoms with Crippen molar-refractivity contribution >= 4 is 22.5 Å². The molecule has 0 aliphatic carbocycles. The van der Waals surface area contributed by atoms with E-state index in [2.05, 4.69) is 21.8 Å². The standard InChI is InChI=1S/C17H21ClF3N3/c1-23-7-9-24(10-8-23)6-2-3-12-11-13-14(17(19,20)21)4-5-15(18)16(13)22-12/h4-5,11,22H,2-3,6-10H2,1H3. The number of rotatable bonds is 4. The first-order valence-electron chi connectivity index (χ1n) is 8.13. The fraction of sp³-hybridized carbons (Fsp3) is 0.529. The van der Waals surface area contributed by atoms with Gasteiger partial charge in [-0.15, -0.1) is 0 Å². The second kappa shape index (κ2) is 6.94. The van der Waals surface area contributed by atoms with Crippen LogP contribution in [0.25, 0.3) is 10.9 Å². The van der Waals surface area contributed by atoms with Gasteiger partial charge in [0.25, 0.3) is 0 Å². The highest BCUT2D eigenvalue weighted by atomic mass is 35.5. The molecule has 1 aromatic carbocycles. The van der Waals surface area contributed by atoms with Crippen molar-refractivity contribution in [2.45, 2.75) is 19.0 Å². The fourth-order valence-corrected chi connectivity index (χ4v) is 3.40. The predicted octanol–water partition coefficient (Wildman–Crippen LogP) is 4.02. The van der Waals surface area contributed by atoms with Crippen molar-refractivity contribution < 1.29 is 13.2 Å². The van der Waals surface area contributed by atoms with Gasteiger partial charge in [-0.1, -0.05) is 11.6 Å². The van der Waals surface area contributed by atoms with Gasteiger partial charge in [-0.05, 0) is 44.6 Å². The molecule has 1 fully saturated rings. The van der Waals surface area contributed by atoms with Crippen molar-refractivity contribution in [3.8, 4) is 0 Å². The van der Waals surface area contributed by atoms with Gasteiger partial charge in [-0.2, -0.15) is 13.2 Å². The van der Waals surface area contributed by atoms with E-state index in [1.807, 2.05) is 0 Å². The van der Waals surface area contributed by atoms with Crippen LogP contribution in [0.15, 0.2) is 18.2 Å². The Balaban J connectivity index is 1.68. The van der Waals surface area contributed by atoms with Gasteiger partial charge in [0.15, 0.2) is 0 Å². The molecule has 3 nitrogen and oxygen atoms in total. The summed E-state index contributed by atoms with van der Waals surface area (Å²) >= 11 is 6.05. The molecular formula is C17H21ClF3N3. The highest BCUT2D eigenvalue weighted by Gasteiger charge is 2.33. The quantitative estimate of drug-likeness (QED) is 0.890. The van der Waals surface area contributed by atoms with Crippen molar-refractivity contribution in [1.82, 2.24) is 14.8 Å². The van der Waals surface area contributed by atoms with Crippen molar-refractivity contribution in [1.29, 1.82) is 0 Å². The molecule has 0 saturated carbocycles. The maximum absolute atomic E-state index is 13.1. The van der Waals surface area contributed by atoms with Crippen molar-refractivity contribution in [2.24, 2.45) is 0 Å². The van der Waals surface area contributed by atoms with E-state index in [4.69, 9.17) is 11.6 Å². The van der Waals surface area contributed by atoms with Gasteiger partial charge in [0, 0.05) is 37.3 Å². The second-order valence-corrected chi connectivity index (χ2v) is 6.83. The summed E-state index contributed by atoms with van der Waals surface area (Å²) in [5, 5.41) is 0.480. The highest BCUT2D eigenvalue weighted by molar-refractivity contribution is 6.35. The monoisotopic (exact) mass is 359 g/mol. The highest BCUT2D eigenvalue weighted by Crippen LogP contribution is 2.37. The van der Waals surface area contributed by atoms with E-state index in [-0.39, 0.29) is 5.39 Å². The molecule has 0 radical (unpaired) electrons. The number of aryl methyl sites for hydroxylation is 1. The summed E-state index contributed by atoms with van der Waals surface area (Å²) in [6, 6.07) is 3.94. The van der Waals surface area contributed by atoms with Gasteiger partial charge < -0.3 is 14.8 Å². The predicted molar refractivity (Wildman–Crippen MR) is 90.6 cm³/mol. The number of likely N-dealkylation sites (N-methyl/N-ethyl adjacent to an activating group) is 1. The first-order valence-corrected chi connectivity index (χ1v) is 8.50. The molecule has 0 atom stereocenters. The van der Waals surface area contributed by atoms with Crippen LogP contribution in [0.1, 0.15) is 17.7 Å². The number of halogens is 4. The number of hydrogen-bond acceptors (Lipinski definition) is 2. The van der Waals surface area contributed by atoms with Gasteiger partial charge in [0.1, 0.15) is 0 Å². The molecule has 1 saturated heterocycles. The number of nitrogens with zero attached hydrogens (tertiary/aromatic N) is 2. The third kappa shape index (κ3) is 3.87. The number of piperazine rings is 1. The topological polar surface area (TPSA) is 22.3 Å². The Kier molecular flexibility index (Phi) is 5.08. The van der Waals surface area contributed by atoms with Gasteiger partial charge in [0.05, 0.1) is 16.1 Å². The number of alkyl halides is 3. The zero-order valence-electron chi connectivity index (χ0n) is 13.6. The number of H-pyrrole nitrogens is 1. The van der Waals surface area contributed by atoms with E-state index in [0.717, 1.165) is 50.9 Å². The largest absolute Gasteiger partial charge is 0.417 e. The van der Waals surface area contributed by atoms with Gasteiger partial charge in [-0.25, -0.2) is 0 Å². The average Bonchev–Trinajstić information content (AvgIpc) is 2.93. The van der Waals surface area contributed by atoms with Crippen molar-refractivity contribution in [2.75, 3.05) is 39.8 Å². The number of aromatic nitrogens is 1. The minimum absolute atomic E-state index is 0.157. The van der Waals surface area contributed by atoms with Crippen LogP contribution in [0.4, 0.5) is 13.2 Å². The molecule has 1 aromatic heterocycles. The van der Waals surface area contributed by atoms with E-state index in [1.165, 1.54) is 6.07 Å². The summed E-state index contributed by atoms with van der Waals surface area (Å²) in [6.45, 7) is 5.19. The normalized spacial score (nSPS) is 17.7. The van der Waals surface area contributed by atoms with E-state index in [0.29, 0.717) is 17.0 Å². The lowest BCUT2D eigenvalue weighted by molar-refractivity contribution is -0.136. The van der Waals surface area contributed by atoms with Crippen LogP contribution >= 0.6 is 11.6 Å². The number of nitrogens with one attached hydrogen (secondary N) is 1. The number of benzene rings is 1. The number of fused-ring (bicyclic) bond motifs is 1. The molecular weight excluding hydrogens is 339 g/mol. The molecule has 1 N–H and O–H groups in total. The lowest BCUT2D eigenvalue weighted by atomic mass is 10.1. The smallest absolute Gasteiger partial charge is 0.357 e. The van der Waals surface area contributed by atoms with Crippen LogP contribution in [0.5, 0.6) is 0 Å². The summed E-state index contributed by atoms with van der Waals surface area (Å²) in [4.78, 5) is 7.76. The van der Waals surface area contributed by atoms with Crippen LogP contribution in [-0.4, -0.2) is 54.6 Å². The van der Waals surface area contributed by atoms with E-state index >= 15 is 0 Å². The third-order valence-electron chi connectivity index (χ3n) is 4.62. The maximum Gasteiger partial charge on any atom is 0.417 e. The van der Waals surface area contributed by atoms with Crippen LogP contribution in [0.2, 0.25) is 5.02 Å². The average molecular weight is 360 g/mol. The molecule has 24 heavy (non-hydrogen) atoms. The molecule has 0 bridgehead atoms.